The van der Waals surface area contributed by atoms with Crippen LogP contribution in [0.2, 0.25) is 5.02 Å². The second-order valence-corrected chi connectivity index (χ2v) is 3.95. The lowest BCUT2D eigenvalue weighted by Crippen LogP contribution is -2.34. The Morgan fingerprint density at radius 2 is 2.44 bits per heavy atom. The number of hydrogen-bond acceptors (Lipinski definition) is 4. The van der Waals surface area contributed by atoms with Gasteiger partial charge in [0, 0.05) is 18.3 Å². The zero-order chi connectivity index (χ0) is 11.7. The number of rotatable bonds is 2. The Labute approximate surface area is 97.4 Å². The summed E-state index contributed by atoms with van der Waals surface area (Å²) in [4.78, 5) is 15.1. The third-order valence-corrected chi connectivity index (χ3v) is 2.60. The highest BCUT2D eigenvalue weighted by Gasteiger charge is 2.33. The number of pyridine rings is 1. The SMILES string of the molecule is CC1=NN(c2ncccc2Cl)C(C(=O)O)C1. The van der Waals surface area contributed by atoms with Crippen molar-refractivity contribution in [2.24, 2.45) is 5.10 Å². The summed E-state index contributed by atoms with van der Waals surface area (Å²) in [5.41, 5.74) is 0.758. The van der Waals surface area contributed by atoms with E-state index in [1.165, 1.54) is 5.01 Å². The van der Waals surface area contributed by atoms with Gasteiger partial charge in [-0.25, -0.2) is 14.8 Å². The average molecular weight is 240 g/mol. The molecule has 0 aromatic carbocycles. The predicted molar refractivity (Wildman–Crippen MR) is 60.9 cm³/mol. The molecule has 0 fully saturated rings. The van der Waals surface area contributed by atoms with Gasteiger partial charge in [0.05, 0.1) is 5.02 Å². The number of halogens is 1. The molecule has 6 heteroatoms. The average Bonchev–Trinajstić information content (AvgIpc) is 2.61. The van der Waals surface area contributed by atoms with Gasteiger partial charge in [-0.1, -0.05) is 11.6 Å². The Balaban J connectivity index is 2.39. The molecule has 2 rings (SSSR count). The van der Waals surface area contributed by atoms with Crippen molar-refractivity contribution in [2.45, 2.75) is 19.4 Å². The lowest BCUT2D eigenvalue weighted by atomic mass is 10.1. The van der Waals surface area contributed by atoms with Gasteiger partial charge in [-0.15, -0.1) is 0 Å². The fraction of sp³-hybridized carbons (Fsp3) is 0.300. The van der Waals surface area contributed by atoms with E-state index in [1.807, 2.05) is 0 Å². The monoisotopic (exact) mass is 239 g/mol. The van der Waals surface area contributed by atoms with Crippen LogP contribution in [0.5, 0.6) is 0 Å². The molecular weight excluding hydrogens is 230 g/mol. The summed E-state index contributed by atoms with van der Waals surface area (Å²) >= 11 is 5.96. The maximum Gasteiger partial charge on any atom is 0.328 e. The molecule has 16 heavy (non-hydrogen) atoms. The lowest BCUT2D eigenvalue weighted by Gasteiger charge is -2.19. The summed E-state index contributed by atoms with van der Waals surface area (Å²) in [6, 6.07) is 2.63. The van der Waals surface area contributed by atoms with Gasteiger partial charge in [0.15, 0.2) is 11.9 Å². The van der Waals surface area contributed by atoms with Crippen LogP contribution < -0.4 is 5.01 Å². The van der Waals surface area contributed by atoms with Gasteiger partial charge in [-0.2, -0.15) is 5.10 Å². The number of carboxylic acid groups (broad SMARTS) is 1. The van der Waals surface area contributed by atoms with E-state index in [1.54, 1.807) is 25.3 Å². The minimum absolute atomic E-state index is 0.383. The summed E-state index contributed by atoms with van der Waals surface area (Å²) in [7, 11) is 0. The molecule has 0 amide bonds. The zero-order valence-corrected chi connectivity index (χ0v) is 9.35. The van der Waals surface area contributed by atoms with Crippen LogP contribution in [0.25, 0.3) is 0 Å². The van der Waals surface area contributed by atoms with E-state index in [4.69, 9.17) is 16.7 Å². The van der Waals surface area contributed by atoms with Gasteiger partial charge >= 0.3 is 5.97 Å². The number of carboxylic acids is 1. The van der Waals surface area contributed by atoms with Gasteiger partial charge < -0.3 is 5.11 Å². The molecule has 1 aliphatic heterocycles. The van der Waals surface area contributed by atoms with Gasteiger partial charge in [-0.3, -0.25) is 0 Å². The fourth-order valence-electron chi connectivity index (χ4n) is 1.59. The smallest absolute Gasteiger partial charge is 0.328 e. The number of carbonyl (C=O) groups is 1. The molecule has 1 aromatic rings. The summed E-state index contributed by atoms with van der Waals surface area (Å²) in [6.45, 7) is 1.78. The molecule has 0 aliphatic carbocycles. The standard InChI is InChI=1S/C10H10ClN3O2/c1-6-5-8(10(15)16)14(13-6)9-7(11)3-2-4-12-9/h2-4,8H,5H2,1H3,(H,15,16). The van der Waals surface area contributed by atoms with Gasteiger partial charge in [0.2, 0.25) is 0 Å². The van der Waals surface area contributed by atoms with Gasteiger partial charge in [0.1, 0.15) is 0 Å². The maximum absolute atomic E-state index is 11.1. The zero-order valence-electron chi connectivity index (χ0n) is 8.59. The number of hydrazone groups is 1. The third kappa shape index (κ3) is 1.86. The molecule has 1 aliphatic rings. The molecule has 0 saturated heterocycles. The fourth-order valence-corrected chi connectivity index (χ4v) is 1.80. The van der Waals surface area contributed by atoms with Crippen molar-refractivity contribution in [3.63, 3.8) is 0 Å². The van der Waals surface area contributed by atoms with Crippen molar-refractivity contribution >= 4 is 29.1 Å². The molecule has 2 heterocycles. The third-order valence-electron chi connectivity index (χ3n) is 2.30. The Bertz CT molecular complexity index is 461. The van der Waals surface area contributed by atoms with Crippen molar-refractivity contribution in [1.29, 1.82) is 0 Å². The highest BCUT2D eigenvalue weighted by atomic mass is 35.5. The van der Waals surface area contributed by atoms with E-state index in [-0.39, 0.29) is 0 Å². The first kappa shape index (κ1) is 10.9. The molecule has 84 valence electrons. The van der Waals surface area contributed by atoms with E-state index < -0.39 is 12.0 Å². The second-order valence-electron chi connectivity index (χ2n) is 3.55. The predicted octanol–water partition coefficient (Wildman–Crippen LogP) is 1.77. The molecule has 0 radical (unpaired) electrons. The normalized spacial score (nSPS) is 19.8. The Kier molecular flexibility index (Phi) is 2.78. The summed E-state index contributed by atoms with van der Waals surface area (Å²) in [5, 5.41) is 15.0. The maximum atomic E-state index is 11.1. The Hall–Kier alpha value is -1.62. The van der Waals surface area contributed by atoms with Crippen LogP contribution in [0.3, 0.4) is 0 Å². The van der Waals surface area contributed by atoms with Crippen molar-refractivity contribution in [3.05, 3.63) is 23.4 Å². The second kappa shape index (κ2) is 4.09. The molecule has 0 bridgehead atoms. The summed E-state index contributed by atoms with van der Waals surface area (Å²) in [5.74, 6) is -0.546. The molecule has 1 aromatic heterocycles. The van der Waals surface area contributed by atoms with E-state index in [9.17, 15) is 4.79 Å². The number of aliphatic carboxylic acids is 1. The number of aromatic nitrogens is 1. The van der Waals surface area contributed by atoms with Gasteiger partial charge in [-0.05, 0) is 19.1 Å². The molecule has 0 saturated carbocycles. The van der Waals surface area contributed by atoms with Crippen molar-refractivity contribution in [1.82, 2.24) is 4.98 Å². The van der Waals surface area contributed by atoms with Gasteiger partial charge in [0.25, 0.3) is 0 Å². The summed E-state index contributed by atoms with van der Waals surface area (Å²) in [6.07, 6.45) is 1.95. The molecule has 5 nitrogen and oxygen atoms in total. The summed E-state index contributed by atoms with van der Waals surface area (Å²) < 4.78 is 0. The van der Waals surface area contributed by atoms with Crippen LogP contribution >= 0.6 is 11.6 Å². The lowest BCUT2D eigenvalue weighted by molar-refractivity contribution is -0.138. The topological polar surface area (TPSA) is 65.8 Å². The largest absolute Gasteiger partial charge is 0.480 e. The number of hydrogen-bond donors (Lipinski definition) is 1. The first-order valence-electron chi connectivity index (χ1n) is 4.76. The Morgan fingerprint density at radius 1 is 1.69 bits per heavy atom. The molecule has 1 unspecified atom stereocenters. The van der Waals surface area contributed by atoms with Crippen molar-refractivity contribution in [2.75, 3.05) is 5.01 Å². The molecular formula is C10H10ClN3O2. The molecule has 1 atom stereocenters. The van der Waals surface area contributed by atoms with Crippen LogP contribution in [0.1, 0.15) is 13.3 Å². The van der Waals surface area contributed by atoms with E-state index in [0.717, 1.165) is 5.71 Å². The van der Waals surface area contributed by atoms with Crippen LogP contribution in [-0.2, 0) is 4.79 Å². The molecule has 1 N–H and O–H groups in total. The van der Waals surface area contributed by atoms with E-state index >= 15 is 0 Å². The van der Waals surface area contributed by atoms with Crippen LogP contribution in [-0.4, -0.2) is 27.8 Å². The first-order chi connectivity index (χ1) is 7.59. The first-order valence-corrected chi connectivity index (χ1v) is 5.14. The van der Waals surface area contributed by atoms with Crippen LogP contribution in [0, 0.1) is 0 Å². The van der Waals surface area contributed by atoms with Crippen molar-refractivity contribution in [3.8, 4) is 0 Å². The van der Waals surface area contributed by atoms with Crippen molar-refractivity contribution < 1.29 is 9.90 Å². The quantitative estimate of drug-likeness (QED) is 0.854. The molecule has 0 spiro atoms. The number of anilines is 1. The Morgan fingerprint density at radius 3 is 3.06 bits per heavy atom. The number of nitrogens with zero attached hydrogens (tertiary/aromatic N) is 3. The van der Waals surface area contributed by atoms with E-state index in [2.05, 4.69) is 10.1 Å². The minimum Gasteiger partial charge on any atom is -0.480 e. The highest BCUT2D eigenvalue weighted by molar-refractivity contribution is 6.33. The van der Waals surface area contributed by atoms with Crippen LogP contribution in [0.15, 0.2) is 23.4 Å². The minimum atomic E-state index is -0.928. The van der Waals surface area contributed by atoms with E-state index in [0.29, 0.717) is 17.3 Å². The van der Waals surface area contributed by atoms with Crippen LogP contribution in [0.4, 0.5) is 5.82 Å². The highest BCUT2D eigenvalue weighted by Crippen LogP contribution is 2.28.